The van der Waals surface area contributed by atoms with Gasteiger partial charge in [-0.25, -0.2) is 0 Å². The van der Waals surface area contributed by atoms with E-state index in [9.17, 15) is 24.5 Å². The third kappa shape index (κ3) is 5.40. The maximum atomic E-state index is 13.0. The van der Waals surface area contributed by atoms with Gasteiger partial charge in [-0.1, -0.05) is 54.6 Å². The van der Waals surface area contributed by atoms with Crippen LogP contribution in [0.1, 0.15) is 23.1 Å². The van der Waals surface area contributed by atoms with Gasteiger partial charge in [0.1, 0.15) is 0 Å². The summed E-state index contributed by atoms with van der Waals surface area (Å²) in [6.07, 6.45) is 3.89. The Morgan fingerprint density at radius 1 is 1.10 bits per heavy atom. The molecule has 0 bridgehead atoms. The van der Waals surface area contributed by atoms with E-state index in [0.717, 1.165) is 11.1 Å². The summed E-state index contributed by atoms with van der Waals surface area (Å²) in [7, 11) is 0. The van der Waals surface area contributed by atoms with Gasteiger partial charge in [0.05, 0.1) is 22.1 Å². The molecule has 0 spiro atoms. The molecule has 2 aliphatic rings. The molecule has 10 nitrogen and oxygen atoms in total. The number of hydrogen-bond donors (Lipinski definition) is 3. The molecule has 1 unspecified atom stereocenters. The molecule has 1 atom stereocenters. The SMILES string of the molecule is NC(=O)C1CC(=O)N(C/C=C\c2ccc(N/C(=C3\C(=O)Nc4ccc([N+](=O)[O-])cc43)c3ccccc3)cc2)C1. The summed E-state index contributed by atoms with van der Waals surface area (Å²) >= 11 is 0. The van der Waals surface area contributed by atoms with Crippen LogP contribution in [0.15, 0.2) is 78.9 Å². The Labute approximate surface area is 224 Å². The standard InChI is InChI=1S/C29H25N5O5/c30-28(36)20-15-25(35)33(17-20)14-4-5-18-8-10-21(11-9-18)31-27(19-6-2-1-3-7-19)26-23-16-22(34(38)39)12-13-24(23)32-29(26)37/h1-13,16,20,31H,14-15,17H2,(H2,30,36)(H,32,37)/b5-4-,27-26-. The van der Waals surface area contributed by atoms with Crippen LogP contribution in [0.5, 0.6) is 0 Å². The Morgan fingerprint density at radius 2 is 1.85 bits per heavy atom. The molecule has 0 saturated carbocycles. The molecule has 5 rings (SSSR count). The lowest BCUT2D eigenvalue weighted by atomic mass is 9.99. The molecule has 3 aromatic carbocycles. The minimum absolute atomic E-state index is 0.0904. The van der Waals surface area contributed by atoms with Gasteiger partial charge in [0.2, 0.25) is 11.8 Å². The van der Waals surface area contributed by atoms with Crippen molar-refractivity contribution in [2.24, 2.45) is 11.7 Å². The van der Waals surface area contributed by atoms with Gasteiger partial charge in [-0.3, -0.25) is 24.5 Å². The molecular formula is C29H25N5O5. The first-order valence-electron chi connectivity index (χ1n) is 12.3. The van der Waals surface area contributed by atoms with Crippen LogP contribution in [0.25, 0.3) is 17.3 Å². The van der Waals surface area contributed by atoms with Crippen LogP contribution in [0.2, 0.25) is 0 Å². The van der Waals surface area contributed by atoms with Gasteiger partial charge in [0, 0.05) is 48.6 Å². The highest BCUT2D eigenvalue weighted by atomic mass is 16.6. The Kier molecular flexibility index (Phi) is 6.92. The number of hydrogen-bond acceptors (Lipinski definition) is 6. The van der Waals surface area contributed by atoms with Crippen LogP contribution in [-0.2, 0) is 14.4 Å². The largest absolute Gasteiger partial charge is 0.369 e. The van der Waals surface area contributed by atoms with Crippen LogP contribution in [0.3, 0.4) is 0 Å². The van der Waals surface area contributed by atoms with Crippen LogP contribution in [-0.4, -0.2) is 40.6 Å². The predicted octanol–water partition coefficient (Wildman–Crippen LogP) is 3.87. The molecular weight excluding hydrogens is 498 g/mol. The van der Waals surface area contributed by atoms with Crippen molar-refractivity contribution >= 4 is 52.1 Å². The van der Waals surface area contributed by atoms with Gasteiger partial charge >= 0.3 is 0 Å². The van der Waals surface area contributed by atoms with Crippen molar-refractivity contribution in [3.05, 3.63) is 106 Å². The lowest BCUT2D eigenvalue weighted by Gasteiger charge is -2.15. The van der Waals surface area contributed by atoms with E-state index in [1.54, 1.807) is 4.90 Å². The summed E-state index contributed by atoms with van der Waals surface area (Å²) in [6, 6.07) is 21.1. The molecule has 4 N–H and O–H groups in total. The number of nitro groups is 1. The lowest BCUT2D eigenvalue weighted by molar-refractivity contribution is -0.384. The van der Waals surface area contributed by atoms with Gasteiger partial charge < -0.3 is 21.3 Å². The van der Waals surface area contributed by atoms with Crippen LogP contribution in [0.4, 0.5) is 17.1 Å². The summed E-state index contributed by atoms with van der Waals surface area (Å²) in [5.74, 6) is -1.34. The number of fused-ring (bicyclic) bond motifs is 1. The number of nitro benzene ring substituents is 1. The number of rotatable bonds is 8. The zero-order valence-corrected chi connectivity index (χ0v) is 20.8. The first-order valence-corrected chi connectivity index (χ1v) is 12.3. The summed E-state index contributed by atoms with van der Waals surface area (Å²) in [5.41, 5.74) is 9.37. The minimum Gasteiger partial charge on any atom is -0.369 e. The number of nitrogens with one attached hydrogen (secondary N) is 2. The number of nitrogens with two attached hydrogens (primary N) is 1. The van der Waals surface area contributed by atoms with Crippen molar-refractivity contribution < 1.29 is 19.3 Å². The average molecular weight is 524 g/mol. The number of non-ortho nitro benzene ring substituents is 1. The maximum absolute atomic E-state index is 13.0. The van der Waals surface area contributed by atoms with Gasteiger partial charge in [0.25, 0.3) is 11.6 Å². The fourth-order valence-electron chi connectivity index (χ4n) is 4.68. The molecule has 0 aliphatic carbocycles. The lowest BCUT2D eigenvalue weighted by Crippen LogP contribution is -2.28. The van der Waals surface area contributed by atoms with E-state index >= 15 is 0 Å². The van der Waals surface area contributed by atoms with E-state index in [4.69, 9.17) is 5.73 Å². The molecule has 1 saturated heterocycles. The van der Waals surface area contributed by atoms with Crippen molar-refractivity contribution in [3.8, 4) is 0 Å². The smallest absolute Gasteiger partial charge is 0.270 e. The normalized spacial score (nSPS) is 17.7. The number of amides is 3. The molecule has 1 fully saturated rings. The number of anilines is 2. The first-order chi connectivity index (χ1) is 18.8. The van der Waals surface area contributed by atoms with Crippen LogP contribution >= 0.6 is 0 Å². The van der Waals surface area contributed by atoms with Crippen LogP contribution in [0, 0.1) is 16.0 Å². The van der Waals surface area contributed by atoms with Gasteiger partial charge in [-0.05, 0) is 29.3 Å². The Morgan fingerprint density at radius 3 is 2.51 bits per heavy atom. The fourth-order valence-corrected chi connectivity index (χ4v) is 4.68. The molecule has 2 heterocycles. The summed E-state index contributed by atoms with van der Waals surface area (Å²) in [6.45, 7) is 0.714. The zero-order valence-electron chi connectivity index (χ0n) is 20.8. The number of nitrogens with zero attached hydrogens (tertiary/aromatic N) is 2. The average Bonchev–Trinajstić information content (AvgIpc) is 3.47. The second-order valence-electron chi connectivity index (χ2n) is 9.31. The summed E-state index contributed by atoms with van der Waals surface area (Å²) in [4.78, 5) is 49.0. The molecule has 10 heteroatoms. The van der Waals surface area contributed by atoms with E-state index in [0.29, 0.717) is 41.3 Å². The maximum Gasteiger partial charge on any atom is 0.270 e. The van der Waals surface area contributed by atoms with E-state index in [1.807, 2.05) is 66.7 Å². The Bertz CT molecular complexity index is 1530. The summed E-state index contributed by atoms with van der Waals surface area (Å²) < 4.78 is 0. The minimum atomic E-state index is -0.488. The molecule has 0 radical (unpaired) electrons. The fraction of sp³-hybridized carbons (Fsp3) is 0.138. The quantitative estimate of drug-likeness (QED) is 0.232. The van der Waals surface area contributed by atoms with Crippen molar-refractivity contribution in [1.82, 2.24) is 4.90 Å². The molecule has 0 aromatic heterocycles. The van der Waals surface area contributed by atoms with E-state index < -0.39 is 16.7 Å². The second-order valence-corrected chi connectivity index (χ2v) is 9.31. The third-order valence-corrected chi connectivity index (χ3v) is 6.70. The van der Waals surface area contributed by atoms with E-state index in [2.05, 4.69) is 10.6 Å². The van der Waals surface area contributed by atoms with Crippen LogP contribution < -0.4 is 16.4 Å². The van der Waals surface area contributed by atoms with Crippen molar-refractivity contribution in [2.75, 3.05) is 23.7 Å². The Hall–Kier alpha value is -5.25. The highest BCUT2D eigenvalue weighted by molar-refractivity contribution is 6.37. The topological polar surface area (TPSA) is 148 Å². The number of carbonyl (C=O) groups is 3. The molecule has 196 valence electrons. The monoisotopic (exact) mass is 523 g/mol. The number of carbonyl (C=O) groups excluding carboxylic acids is 3. The molecule has 2 aliphatic heterocycles. The number of primary amides is 1. The summed E-state index contributed by atoms with van der Waals surface area (Å²) in [5, 5.41) is 17.5. The molecule has 3 aromatic rings. The number of likely N-dealkylation sites (tertiary alicyclic amines) is 1. The predicted molar refractivity (Wildman–Crippen MR) is 148 cm³/mol. The first kappa shape index (κ1) is 25.4. The Balaban J connectivity index is 1.39. The van der Waals surface area contributed by atoms with Crippen molar-refractivity contribution in [2.45, 2.75) is 6.42 Å². The van der Waals surface area contributed by atoms with Crippen molar-refractivity contribution in [3.63, 3.8) is 0 Å². The van der Waals surface area contributed by atoms with Gasteiger partial charge in [0.15, 0.2) is 0 Å². The zero-order chi connectivity index (χ0) is 27.5. The number of benzene rings is 3. The highest BCUT2D eigenvalue weighted by Crippen LogP contribution is 2.39. The van der Waals surface area contributed by atoms with E-state index in [1.165, 1.54) is 18.2 Å². The molecule has 3 amide bonds. The van der Waals surface area contributed by atoms with Gasteiger partial charge in [-0.2, -0.15) is 0 Å². The second kappa shape index (κ2) is 10.6. The van der Waals surface area contributed by atoms with Crippen molar-refractivity contribution in [1.29, 1.82) is 0 Å². The highest BCUT2D eigenvalue weighted by Gasteiger charge is 2.32. The van der Waals surface area contributed by atoms with Gasteiger partial charge in [-0.15, -0.1) is 0 Å². The van der Waals surface area contributed by atoms with E-state index in [-0.39, 0.29) is 23.9 Å². The molecule has 39 heavy (non-hydrogen) atoms. The third-order valence-electron chi connectivity index (χ3n) is 6.70.